The molecule has 4 aromatic heterocycles. The Hall–Kier alpha value is -4.32. The van der Waals surface area contributed by atoms with Gasteiger partial charge in [0.1, 0.15) is 45.1 Å². The van der Waals surface area contributed by atoms with Crippen molar-refractivity contribution in [1.82, 2.24) is 29.7 Å². The molecule has 0 bridgehead atoms. The van der Waals surface area contributed by atoms with Crippen molar-refractivity contribution in [3.63, 3.8) is 0 Å². The van der Waals surface area contributed by atoms with Gasteiger partial charge in [-0.05, 0) is 93.7 Å². The van der Waals surface area contributed by atoms with Crippen molar-refractivity contribution in [3.05, 3.63) is 61.9 Å². The number of morpholine rings is 2. The van der Waals surface area contributed by atoms with Gasteiger partial charge in [0.05, 0.1) is 61.5 Å². The molecule has 3 N–H and O–H groups in total. The fourth-order valence-corrected chi connectivity index (χ4v) is 11.8. The lowest BCUT2D eigenvalue weighted by molar-refractivity contribution is -0.144. The number of carbonyl (C=O) groups excluding carboxylic acids is 2. The summed E-state index contributed by atoms with van der Waals surface area (Å²) in [5.74, 6) is 2.07. The number of benzene rings is 1. The molecule has 2 amide bonds. The highest BCUT2D eigenvalue weighted by atomic mass is 35.5. The van der Waals surface area contributed by atoms with Gasteiger partial charge in [-0.2, -0.15) is 0 Å². The maximum Gasteiger partial charge on any atom is 0.226 e. The van der Waals surface area contributed by atoms with Crippen molar-refractivity contribution in [2.45, 2.75) is 84.0 Å². The fraction of sp³-hybridized carbons (Fsp3) is 0.512. The highest BCUT2D eigenvalue weighted by Crippen LogP contribution is 2.43. The molecule has 0 saturated carbocycles. The number of halogens is 1. The maximum atomic E-state index is 13.3. The van der Waals surface area contributed by atoms with Crippen molar-refractivity contribution in [2.75, 3.05) is 51.4 Å². The van der Waals surface area contributed by atoms with E-state index < -0.39 is 0 Å². The van der Waals surface area contributed by atoms with E-state index in [1.165, 1.54) is 27.2 Å². The van der Waals surface area contributed by atoms with Gasteiger partial charge in [0.2, 0.25) is 11.8 Å². The second-order valence-corrected chi connectivity index (χ2v) is 18.9. The molecule has 17 heteroatoms. The first-order valence-electron chi connectivity index (χ1n) is 20.9. The summed E-state index contributed by atoms with van der Waals surface area (Å²) < 4.78 is 17.1. The van der Waals surface area contributed by atoms with Crippen molar-refractivity contribution in [3.8, 4) is 5.75 Å². The zero-order chi connectivity index (χ0) is 41.5. The number of fused-ring (bicyclic) bond motifs is 7. The van der Waals surface area contributed by atoms with Crippen LogP contribution in [0.2, 0.25) is 5.15 Å². The number of aromatic nitrogens is 4. The quantitative estimate of drug-likeness (QED) is 0.180. The molecule has 60 heavy (non-hydrogen) atoms. The Morgan fingerprint density at radius 1 is 0.900 bits per heavy atom. The lowest BCUT2D eigenvalue weighted by atomic mass is 9.86. The number of thiophene rings is 2. The molecule has 5 aliphatic rings. The van der Waals surface area contributed by atoms with Gasteiger partial charge in [-0.1, -0.05) is 11.6 Å². The lowest BCUT2D eigenvalue weighted by Crippen LogP contribution is -2.50. The zero-order valence-electron chi connectivity index (χ0n) is 34.1. The van der Waals surface area contributed by atoms with Crippen LogP contribution in [0.5, 0.6) is 5.75 Å². The topological polar surface area (TPSA) is 170 Å². The molecule has 5 atom stereocenters. The Kier molecular flexibility index (Phi) is 12.0. The van der Waals surface area contributed by atoms with Gasteiger partial charge in [0.15, 0.2) is 0 Å². The van der Waals surface area contributed by atoms with Crippen LogP contribution in [0, 0.1) is 11.8 Å². The summed E-state index contributed by atoms with van der Waals surface area (Å²) in [7, 11) is 0. The minimum absolute atomic E-state index is 0.000711. The molecule has 7 heterocycles. The first-order chi connectivity index (χ1) is 29.2. The number of aryl methyl sites for hydroxylation is 2. The molecule has 0 spiro atoms. The second-order valence-electron chi connectivity index (χ2n) is 16.4. The standard InChI is InChI=1S/C27H32N6O3S.C16H18ClN3O2S/c1-15-13-35-6-5-33(15)27(34)17-3-4-20-23(9-17)37-26-24(20)25(30-14-31-26)32-21-7-18-11-29-12-19(18)8-22(21)36-16(2)10-28;1-9-7-22-5-4-20(9)16(21)10-2-3-11-12(6-10)23-15-13(11)14(17)18-8-19-15/h7-8,11,14-17H,3-6,9-10,12-13,28H2,1-2H3,(H,30,31,32);8-10H,2-7H2,1H3/t15-,16-,17-;9-,10-/m00/s1. The van der Waals surface area contributed by atoms with E-state index in [2.05, 4.69) is 50.2 Å². The van der Waals surface area contributed by atoms with E-state index >= 15 is 0 Å². The van der Waals surface area contributed by atoms with Crippen molar-refractivity contribution >= 4 is 84.2 Å². The number of carbonyl (C=O) groups is 2. The van der Waals surface area contributed by atoms with E-state index in [-0.39, 0.29) is 41.8 Å². The van der Waals surface area contributed by atoms with Crippen LogP contribution in [0.15, 0.2) is 29.8 Å². The Balaban J connectivity index is 0.000000172. The highest BCUT2D eigenvalue weighted by molar-refractivity contribution is 7.19. The largest absolute Gasteiger partial charge is 0.487 e. The summed E-state index contributed by atoms with van der Waals surface area (Å²) in [4.78, 5) is 56.6. The van der Waals surface area contributed by atoms with E-state index in [4.69, 9.17) is 31.5 Å². The van der Waals surface area contributed by atoms with Gasteiger partial charge >= 0.3 is 0 Å². The molecule has 0 radical (unpaired) electrons. The predicted molar refractivity (Wildman–Crippen MR) is 235 cm³/mol. The summed E-state index contributed by atoms with van der Waals surface area (Å²) in [6, 6.07) is 4.40. The second kappa shape index (κ2) is 17.6. The van der Waals surface area contributed by atoms with Gasteiger partial charge in [-0.3, -0.25) is 14.6 Å². The smallest absolute Gasteiger partial charge is 0.226 e. The molecule has 0 unspecified atom stereocenters. The van der Waals surface area contributed by atoms with Gasteiger partial charge in [0.25, 0.3) is 0 Å². The number of rotatable bonds is 7. The van der Waals surface area contributed by atoms with Crippen LogP contribution in [0.4, 0.5) is 11.5 Å². The lowest BCUT2D eigenvalue weighted by Gasteiger charge is -2.36. The summed E-state index contributed by atoms with van der Waals surface area (Å²) in [5, 5.41) is 6.10. The van der Waals surface area contributed by atoms with Gasteiger partial charge in [-0.25, -0.2) is 19.9 Å². The van der Waals surface area contributed by atoms with Crippen molar-refractivity contribution in [2.24, 2.45) is 22.6 Å². The third kappa shape index (κ3) is 8.09. The molecule has 2 aliphatic carbocycles. The summed E-state index contributed by atoms with van der Waals surface area (Å²) in [5.41, 5.74) is 11.4. The van der Waals surface area contributed by atoms with Crippen molar-refractivity contribution in [1.29, 1.82) is 0 Å². The molecular formula is C43H50ClN9O5S2. The fourth-order valence-electron chi connectivity index (χ4n) is 9.00. The van der Waals surface area contributed by atoms with Crippen molar-refractivity contribution < 1.29 is 23.8 Å². The molecule has 5 aromatic rings. The minimum atomic E-state index is -0.121. The SMILES string of the molecule is C[C@@H](CN)Oc1cc2c(cc1Nc1ncnc3sc4c(c13)CC[C@H](C(=O)N1CCOC[C@@H]1C)C4)C=NC2.C[C@H]1COCCN1C(=O)[C@H]1CCc2c(sc3ncnc(Cl)c23)C1. The average Bonchev–Trinajstić information content (AvgIpc) is 3.99. The van der Waals surface area contributed by atoms with Crippen LogP contribution in [-0.4, -0.2) is 112 Å². The van der Waals surface area contributed by atoms with Crippen LogP contribution >= 0.6 is 34.3 Å². The van der Waals surface area contributed by atoms with Gasteiger partial charge in [0, 0.05) is 47.4 Å². The van der Waals surface area contributed by atoms with Crippen LogP contribution in [0.3, 0.4) is 0 Å². The minimum Gasteiger partial charge on any atom is -0.487 e. The number of anilines is 2. The molecule has 3 aliphatic heterocycles. The van der Waals surface area contributed by atoms with E-state index in [1.54, 1.807) is 29.0 Å². The average molecular weight is 873 g/mol. The molecule has 316 valence electrons. The number of nitrogens with zero attached hydrogens (tertiary/aromatic N) is 7. The van der Waals surface area contributed by atoms with Crippen LogP contribution in [-0.2, 0) is 51.3 Å². The molecule has 10 rings (SSSR count). The number of nitrogens with one attached hydrogen (secondary N) is 1. The van der Waals surface area contributed by atoms with E-state index in [0.717, 1.165) is 87.3 Å². The number of hydrogen-bond donors (Lipinski definition) is 2. The highest BCUT2D eigenvalue weighted by Gasteiger charge is 2.36. The number of hydrogen-bond acceptors (Lipinski definition) is 14. The van der Waals surface area contributed by atoms with E-state index in [9.17, 15) is 9.59 Å². The summed E-state index contributed by atoms with van der Waals surface area (Å²) >= 11 is 9.57. The molecule has 14 nitrogen and oxygen atoms in total. The number of ether oxygens (including phenoxy) is 3. The zero-order valence-corrected chi connectivity index (χ0v) is 36.5. The predicted octanol–water partition coefficient (Wildman–Crippen LogP) is 6.14. The third-order valence-electron chi connectivity index (χ3n) is 12.3. The molecule has 2 saturated heterocycles. The van der Waals surface area contributed by atoms with E-state index in [1.807, 2.05) is 29.0 Å². The monoisotopic (exact) mass is 871 g/mol. The Morgan fingerprint density at radius 2 is 1.50 bits per heavy atom. The number of aliphatic imine (C=N–C) groups is 1. The first kappa shape index (κ1) is 41.1. The summed E-state index contributed by atoms with van der Waals surface area (Å²) in [6.45, 7) is 11.0. The third-order valence-corrected chi connectivity index (χ3v) is 14.9. The van der Waals surface area contributed by atoms with Gasteiger partial charge < -0.3 is 35.1 Å². The Labute approximate surface area is 361 Å². The maximum absolute atomic E-state index is 13.3. The molecule has 2 fully saturated rings. The van der Waals surface area contributed by atoms with E-state index in [0.29, 0.717) is 57.8 Å². The van der Waals surface area contributed by atoms with Crippen LogP contribution in [0.25, 0.3) is 20.4 Å². The number of amides is 2. The normalized spacial score (nSPS) is 22.8. The molecule has 1 aromatic carbocycles. The Morgan fingerprint density at radius 3 is 2.12 bits per heavy atom. The summed E-state index contributed by atoms with van der Waals surface area (Å²) in [6.07, 6.45) is 9.81. The molecular weight excluding hydrogens is 822 g/mol. The first-order valence-corrected chi connectivity index (χ1v) is 22.9. The van der Waals surface area contributed by atoms with Crippen LogP contribution < -0.4 is 15.8 Å². The Bertz CT molecular complexity index is 2460. The van der Waals surface area contributed by atoms with Gasteiger partial charge in [-0.15, -0.1) is 22.7 Å². The van der Waals surface area contributed by atoms with Crippen LogP contribution in [0.1, 0.15) is 65.6 Å². The number of nitrogens with two attached hydrogens (primary N) is 1.